The number of nitrogens with zero attached hydrogens (tertiary/aromatic N) is 4. The van der Waals surface area contributed by atoms with E-state index in [0.717, 1.165) is 16.3 Å². The van der Waals surface area contributed by atoms with Crippen LogP contribution in [-0.4, -0.2) is 9.97 Å². The Kier molecular flexibility index (Phi) is 2.22. The predicted molar refractivity (Wildman–Crippen MR) is 76.5 cm³/mol. The predicted octanol–water partition coefficient (Wildman–Crippen LogP) is 1.17. The summed E-state index contributed by atoms with van der Waals surface area (Å²) < 4.78 is 1.97. The molecular formula is C14H8N4OS. The van der Waals surface area contributed by atoms with Gasteiger partial charge >= 0.3 is 11.3 Å². The molecule has 0 radical (unpaired) electrons. The monoisotopic (exact) mass is 280 g/mol. The van der Waals surface area contributed by atoms with E-state index < -0.39 is 0 Å². The van der Waals surface area contributed by atoms with Gasteiger partial charge in [-0.05, 0) is 18.2 Å². The summed E-state index contributed by atoms with van der Waals surface area (Å²) in [5.74, 6) is 0. The largest absolute Gasteiger partial charge is 0.676 e. The van der Waals surface area contributed by atoms with Crippen LogP contribution in [0.5, 0.6) is 0 Å². The van der Waals surface area contributed by atoms with Gasteiger partial charge in [0.1, 0.15) is 11.6 Å². The van der Waals surface area contributed by atoms with Crippen molar-refractivity contribution in [3.8, 4) is 0 Å². The fourth-order valence-electron chi connectivity index (χ4n) is 2.31. The molecule has 0 atom stereocenters. The molecule has 0 aliphatic rings. The van der Waals surface area contributed by atoms with Crippen molar-refractivity contribution in [3.05, 3.63) is 54.1 Å². The molecule has 0 N–H and O–H groups in total. The number of pyridine rings is 2. The van der Waals surface area contributed by atoms with E-state index in [0.29, 0.717) is 21.4 Å². The smallest absolute Gasteiger partial charge is 0.408 e. The van der Waals surface area contributed by atoms with Crippen molar-refractivity contribution < 1.29 is 8.70 Å². The van der Waals surface area contributed by atoms with Gasteiger partial charge < -0.3 is 22.0 Å². The van der Waals surface area contributed by atoms with Crippen LogP contribution in [-0.2, 0) is 12.8 Å². The topological polar surface area (TPSA) is 56.6 Å². The number of para-hydroxylation sites is 1. The average molecular weight is 280 g/mol. The van der Waals surface area contributed by atoms with E-state index in [9.17, 15) is 5.21 Å². The minimum absolute atomic E-state index is 0.321. The first-order valence-electron chi connectivity index (χ1n) is 6.03. The number of fused-ring (bicyclic) bond motifs is 3. The Hall–Kier alpha value is -2.60. The van der Waals surface area contributed by atoms with E-state index in [1.807, 2.05) is 36.4 Å². The van der Waals surface area contributed by atoms with Crippen LogP contribution >= 0.6 is 0 Å². The molecule has 3 aromatic heterocycles. The highest BCUT2D eigenvalue weighted by molar-refractivity contribution is 7.50. The molecule has 0 amide bonds. The Morgan fingerprint density at radius 2 is 1.80 bits per heavy atom. The first kappa shape index (κ1) is 11.2. The van der Waals surface area contributed by atoms with Crippen LogP contribution < -0.4 is 8.70 Å². The molecule has 96 valence electrons. The van der Waals surface area contributed by atoms with E-state index >= 15 is 0 Å². The second-order valence-corrected chi connectivity index (χ2v) is 4.98. The number of aromatic nitrogens is 4. The molecule has 0 bridgehead atoms. The fraction of sp³-hybridized carbons (Fsp3) is 0. The normalized spacial score (nSPS) is 11.4. The number of rotatable bonds is 0. The van der Waals surface area contributed by atoms with Crippen molar-refractivity contribution in [3.63, 3.8) is 0 Å². The quantitative estimate of drug-likeness (QED) is 0.210. The molecule has 4 rings (SSSR count). The highest BCUT2D eigenvalue weighted by Gasteiger charge is 2.16. The molecule has 5 nitrogen and oxygen atoms in total. The minimum atomic E-state index is 0.321. The minimum Gasteiger partial charge on any atom is -0.676 e. The van der Waals surface area contributed by atoms with Gasteiger partial charge in [-0.15, -0.1) is 4.73 Å². The second kappa shape index (κ2) is 3.94. The van der Waals surface area contributed by atoms with Crippen molar-refractivity contribution in [1.29, 1.82) is 0 Å². The number of hydrogen-bond donors (Lipinski definition) is 0. The molecule has 0 aliphatic carbocycles. The molecule has 4 aromatic rings. The van der Waals surface area contributed by atoms with Gasteiger partial charge in [0, 0.05) is 10.4 Å². The summed E-state index contributed by atoms with van der Waals surface area (Å²) in [7, 11) is 0. The third-order valence-corrected chi connectivity index (χ3v) is 3.41. The van der Waals surface area contributed by atoms with Gasteiger partial charge in [0.25, 0.3) is 6.33 Å². The third kappa shape index (κ3) is 1.62. The van der Waals surface area contributed by atoms with Crippen molar-refractivity contribution in [2.45, 2.75) is 0 Å². The maximum atomic E-state index is 11.8. The van der Waals surface area contributed by atoms with Gasteiger partial charge in [0.2, 0.25) is 0 Å². The summed E-state index contributed by atoms with van der Waals surface area (Å²) in [6.07, 6.45) is 2.96. The Morgan fingerprint density at radius 1 is 1.00 bits per heavy atom. The average Bonchev–Trinajstić information content (AvgIpc) is 2.43. The molecule has 1 aromatic carbocycles. The number of benzene rings is 1. The van der Waals surface area contributed by atoms with Gasteiger partial charge in [0.05, 0.1) is 10.9 Å². The van der Waals surface area contributed by atoms with Gasteiger partial charge in [-0.1, -0.05) is 18.2 Å². The first-order valence-corrected chi connectivity index (χ1v) is 6.39. The van der Waals surface area contributed by atoms with Crippen molar-refractivity contribution in [2.24, 2.45) is 0 Å². The number of hydrogen-bond acceptors (Lipinski definition) is 4. The Labute approximate surface area is 119 Å². The Bertz CT molecular complexity index is 987. The van der Waals surface area contributed by atoms with Gasteiger partial charge in [-0.2, -0.15) is 4.98 Å². The van der Waals surface area contributed by atoms with Crippen LogP contribution in [0.1, 0.15) is 0 Å². The Balaban J connectivity index is 2.18. The van der Waals surface area contributed by atoms with Crippen LogP contribution in [0.3, 0.4) is 0 Å². The van der Waals surface area contributed by atoms with Crippen LogP contribution in [0.2, 0.25) is 0 Å². The summed E-state index contributed by atoms with van der Waals surface area (Å²) in [4.78, 5) is 8.84. The van der Waals surface area contributed by atoms with Crippen molar-refractivity contribution in [2.75, 3.05) is 0 Å². The van der Waals surface area contributed by atoms with Gasteiger partial charge in [-0.25, -0.2) is 0 Å². The zero-order valence-corrected chi connectivity index (χ0v) is 11.0. The standard InChI is InChI=1S/C14H8N4OS/c19-18-8-17(20)7-11-6-10-5-9-3-1-2-4-12(9)15-13(10)16-14(11)18/h1-8H. The highest BCUT2D eigenvalue weighted by Crippen LogP contribution is 2.20. The third-order valence-electron chi connectivity index (χ3n) is 3.21. The van der Waals surface area contributed by atoms with Crippen molar-refractivity contribution in [1.82, 2.24) is 9.97 Å². The maximum Gasteiger partial charge on any atom is 0.408 e. The summed E-state index contributed by atoms with van der Waals surface area (Å²) >= 11 is 4.98. The Morgan fingerprint density at radius 3 is 2.70 bits per heavy atom. The summed E-state index contributed by atoms with van der Waals surface area (Å²) in [5, 5.41) is 14.5. The zero-order chi connectivity index (χ0) is 13.7. The van der Waals surface area contributed by atoms with E-state index in [-0.39, 0.29) is 0 Å². The maximum absolute atomic E-state index is 11.8. The van der Waals surface area contributed by atoms with E-state index in [2.05, 4.69) is 9.97 Å². The molecule has 0 fully saturated rings. The first-order chi connectivity index (χ1) is 9.70. The van der Waals surface area contributed by atoms with Crippen molar-refractivity contribution >= 4 is 45.8 Å². The lowest BCUT2D eigenvalue weighted by Gasteiger charge is -2.04. The van der Waals surface area contributed by atoms with Gasteiger partial charge in [0.15, 0.2) is 0 Å². The molecule has 0 aliphatic heterocycles. The molecular weight excluding hydrogens is 272 g/mol. The molecule has 0 saturated carbocycles. The summed E-state index contributed by atoms with van der Waals surface area (Å²) in [6, 6.07) is 11.7. The summed E-state index contributed by atoms with van der Waals surface area (Å²) in [5.41, 5.74) is 1.74. The fourth-order valence-corrected chi connectivity index (χ4v) is 2.51. The molecule has 0 unspecified atom stereocenters. The molecule has 6 heteroatoms. The molecule has 0 spiro atoms. The summed E-state index contributed by atoms with van der Waals surface area (Å²) in [6.45, 7) is 0. The lowest BCUT2D eigenvalue weighted by molar-refractivity contribution is -0.684. The van der Waals surface area contributed by atoms with E-state index in [1.165, 1.54) is 10.3 Å². The lowest BCUT2D eigenvalue weighted by Crippen LogP contribution is -2.41. The zero-order valence-electron chi connectivity index (χ0n) is 10.2. The van der Waals surface area contributed by atoms with Crippen LogP contribution in [0.25, 0.3) is 33.0 Å². The second-order valence-electron chi connectivity index (χ2n) is 4.56. The van der Waals surface area contributed by atoms with Crippen LogP contribution in [0.4, 0.5) is 0 Å². The molecule has 3 heterocycles. The molecule has 0 saturated heterocycles. The van der Waals surface area contributed by atoms with Crippen LogP contribution in [0, 0.1) is 5.21 Å². The van der Waals surface area contributed by atoms with Gasteiger partial charge in [-0.3, -0.25) is 0 Å². The van der Waals surface area contributed by atoms with Crippen LogP contribution in [0.15, 0.2) is 48.9 Å². The van der Waals surface area contributed by atoms with E-state index in [4.69, 9.17) is 12.8 Å². The lowest BCUT2D eigenvalue weighted by atomic mass is 10.1. The van der Waals surface area contributed by atoms with E-state index in [1.54, 1.807) is 6.20 Å². The molecule has 20 heavy (non-hydrogen) atoms. The highest BCUT2D eigenvalue weighted by atomic mass is 32.1. The SMILES string of the molecule is [O-][n+]1c[n+]([S-])cc2cc3cc4ccccc4nc3nc21.